The van der Waals surface area contributed by atoms with Crippen molar-refractivity contribution in [3.05, 3.63) is 25.3 Å². The molecule has 1 N–H and O–H groups in total. The van der Waals surface area contributed by atoms with Crippen molar-refractivity contribution < 1.29 is 24.2 Å². The van der Waals surface area contributed by atoms with E-state index in [0.29, 0.717) is 6.54 Å². The van der Waals surface area contributed by atoms with Gasteiger partial charge in [-0.3, -0.25) is 14.4 Å². The summed E-state index contributed by atoms with van der Waals surface area (Å²) in [5.41, 5.74) is 0. The predicted octanol–water partition coefficient (Wildman–Crippen LogP) is 2.39. The molecule has 4 aliphatic rings. The number of fused-ring (bicyclic) bond motifs is 1. The highest BCUT2D eigenvalue weighted by Gasteiger charge is 2.76. The summed E-state index contributed by atoms with van der Waals surface area (Å²) in [7, 11) is 0. The van der Waals surface area contributed by atoms with Crippen LogP contribution in [0.5, 0.6) is 0 Å². The number of β-amino-alcohol motifs (C(OH)–C–C–N with tert-alkyl or cyclic N) is 1. The average molecular weight is 477 g/mol. The molecule has 3 unspecified atom stereocenters. The van der Waals surface area contributed by atoms with E-state index in [0.717, 1.165) is 32.1 Å². The molecule has 1 spiro atoms. The first-order valence-corrected chi connectivity index (χ1v) is 13.1. The lowest BCUT2D eigenvalue weighted by molar-refractivity contribution is -0.153. The average Bonchev–Trinajstić information content (AvgIpc) is 3.40. The Kier molecular flexibility index (Phi) is 7.24. The zero-order chi connectivity index (χ0) is 23.8. The van der Waals surface area contributed by atoms with Gasteiger partial charge in [0, 0.05) is 24.4 Å². The van der Waals surface area contributed by atoms with Crippen molar-refractivity contribution in [1.82, 2.24) is 9.80 Å². The van der Waals surface area contributed by atoms with Crippen LogP contribution in [0.1, 0.15) is 45.4 Å². The number of hydrogen-bond acceptors (Lipinski definition) is 6. The maximum absolute atomic E-state index is 14.2. The first kappa shape index (κ1) is 24.3. The summed E-state index contributed by atoms with van der Waals surface area (Å²) in [4.78, 5) is 44.5. The molecule has 3 saturated heterocycles. The Balaban J connectivity index is 1.72. The molecule has 4 rings (SSSR count). The third-order valence-corrected chi connectivity index (χ3v) is 10.1. The molecular weight excluding hydrogens is 440 g/mol. The van der Waals surface area contributed by atoms with Crippen LogP contribution >= 0.6 is 11.8 Å². The van der Waals surface area contributed by atoms with Crippen LogP contribution in [0.4, 0.5) is 0 Å². The third-order valence-electron chi connectivity index (χ3n) is 8.06. The van der Waals surface area contributed by atoms with Gasteiger partial charge in [-0.2, -0.15) is 0 Å². The number of carbonyl (C=O) groups is 3. The molecule has 182 valence electrons. The van der Waals surface area contributed by atoms with E-state index < -0.39 is 22.6 Å². The quantitative estimate of drug-likeness (QED) is 0.406. The van der Waals surface area contributed by atoms with Crippen LogP contribution in [0.2, 0.25) is 0 Å². The minimum Gasteiger partial charge on any atom is -0.461 e. The Morgan fingerprint density at radius 3 is 2.64 bits per heavy atom. The number of thioether (sulfide) groups is 1. The van der Waals surface area contributed by atoms with Crippen LogP contribution < -0.4 is 0 Å². The van der Waals surface area contributed by atoms with Gasteiger partial charge < -0.3 is 19.6 Å². The fraction of sp³-hybridized carbons (Fsp3) is 0.720. The van der Waals surface area contributed by atoms with Gasteiger partial charge >= 0.3 is 5.97 Å². The van der Waals surface area contributed by atoms with Crippen molar-refractivity contribution in [3.63, 3.8) is 0 Å². The van der Waals surface area contributed by atoms with Gasteiger partial charge in [-0.1, -0.05) is 44.9 Å². The number of aliphatic hydroxyl groups is 1. The maximum Gasteiger partial charge on any atom is 0.311 e. The number of aliphatic hydroxyl groups excluding tert-OH is 1. The molecule has 2 amide bonds. The molecule has 0 radical (unpaired) electrons. The van der Waals surface area contributed by atoms with Crippen molar-refractivity contribution in [3.8, 4) is 0 Å². The minimum atomic E-state index is -0.689. The van der Waals surface area contributed by atoms with Gasteiger partial charge in [-0.05, 0) is 25.2 Å². The second kappa shape index (κ2) is 9.82. The maximum atomic E-state index is 14.2. The van der Waals surface area contributed by atoms with Gasteiger partial charge in [-0.25, -0.2) is 0 Å². The number of hydrogen-bond donors (Lipinski definition) is 1. The molecule has 0 aromatic carbocycles. The van der Waals surface area contributed by atoms with Crippen LogP contribution in [0.3, 0.4) is 0 Å². The number of esters is 1. The van der Waals surface area contributed by atoms with Gasteiger partial charge in [0.1, 0.15) is 12.6 Å². The van der Waals surface area contributed by atoms with Crippen LogP contribution in [0.15, 0.2) is 25.3 Å². The lowest BCUT2D eigenvalue weighted by Gasteiger charge is -2.43. The highest BCUT2D eigenvalue weighted by molar-refractivity contribution is 8.02. The highest BCUT2D eigenvalue weighted by Crippen LogP contribution is 2.68. The van der Waals surface area contributed by atoms with E-state index in [1.165, 1.54) is 12.5 Å². The molecule has 3 aliphatic heterocycles. The second-order valence-corrected chi connectivity index (χ2v) is 11.3. The van der Waals surface area contributed by atoms with Gasteiger partial charge in [0.05, 0.1) is 23.2 Å². The van der Waals surface area contributed by atoms with E-state index in [4.69, 9.17) is 4.74 Å². The van der Waals surface area contributed by atoms with Gasteiger partial charge in [0.25, 0.3) is 0 Å². The fourth-order valence-electron chi connectivity index (χ4n) is 6.76. The van der Waals surface area contributed by atoms with Crippen molar-refractivity contribution in [2.24, 2.45) is 17.8 Å². The first-order chi connectivity index (χ1) is 15.9. The van der Waals surface area contributed by atoms with Crippen molar-refractivity contribution in [1.29, 1.82) is 0 Å². The standard InChI is InChI=1S/C25H36N2O5S/c1-4-11-26(17-9-7-6-8-10-17)23(30)21-25-16(3)15-18(33-25)19(24(31)32-14-5-2)20(25)22(29)27(21)12-13-28/h4-5,16-21,28H,1-2,6-15H2,3H3/t16?,18-,19+,20+,21?,25?/m1/s1. The summed E-state index contributed by atoms with van der Waals surface area (Å²) in [6, 6.07) is -0.552. The predicted molar refractivity (Wildman–Crippen MR) is 127 cm³/mol. The highest BCUT2D eigenvalue weighted by atomic mass is 32.2. The summed E-state index contributed by atoms with van der Waals surface area (Å²) in [6.07, 6.45) is 9.32. The second-order valence-electron chi connectivity index (χ2n) is 9.80. The summed E-state index contributed by atoms with van der Waals surface area (Å²) >= 11 is 1.64. The van der Waals surface area contributed by atoms with E-state index in [-0.39, 0.29) is 54.8 Å². The molecule has 33 heavy (non-hydrogen) atoms. The Bertz CT molecular complexity index is 813. The number of likely N-dealkylation sites (tertiary alicyclic amines) is 1. The number of amides is 2. The van der Waals surface area contributed by atoms with E-state index in [9.17, 15) is 19.5 Å². The first-order valence-electron chi connectivity index (χ1n) is 12.2. The van der Waals surface area contributed by atoms with E-state index >= 15 is 0 Å². The van der Waals surface area contributed by atoms with E-state index in [1.807, 2.05) is 4.90 Å². The topological polar surface area (TPSA) is 87.1 Å². The molecule has 8 heteroatoms. The summed E-state index contributed by atoms with van der Waals surface area (Å²) in [6.45, 7) is 9.99. The Labute approximate surface area is 200 Å². The molecule has 7 nitrogen and oxygen atoms in total. The Morgan fingerprint density at radius 2 is 2.00 bits per heavy atom. The SMILES string of the molecule is C=CCOC(=O)[C@@H]1[C@H]2C(=O)N(CCO)C(C(=O)N(CC=C)C3CCCCC3)C23S[C@@H]1CC3C. The fourth-order valence-corrected chi connectivity index (χ4v) is 9.16. The molecule has 0 aromatic heterocycles. The molecule has 0 aromatic rings. The van der Waals surface area contributed by atoms with Crippen LogP contribution in [0.25, 0.3) is 0 Å². The number of rotatable bonds is 9. The minimum absolute atomic E-state index is 0.0413. The normalized spacial score (nSPS) is 35.4. The Morgan fingerprint density at radius 1 is 1.27 bits per heavy atom. The molecule has 2 bridgehead atoms. The summed E-state index contributed by atoms with van der Waals surface area (Å²) in [5, 5.41) is 9.74. The lowest BCUT2D eigenvalue weighted by atomic mass is 9.66. The molecule has 4 fully saturated rings. The van der Waals surface area contributed by atoms with Crippen LogP contribution in [-0.2, 0) is 19.1 Å². The van der Waals surface area contributed by atoms with Crippen LogP contribution in [-0.4, -0.2) is 81.1 Å². The third kappa shape index (κ3) is 3.83. The van der Waals surface area contributed by atoms with Gasteiger partial charge in [0.15, 0.2) is 0 Å². The number of carbonyl (C=O) groups excluding carboxylic acids is 3. The van der Waals surface area contributed by atoms with Gasteiger partial charge in [-0.15, -0.1) is 18.3 Å². The number of ether oxygens (including phenoxy) is 1. The number of nitrogens with zero attached hydrogens (tertiary/aromatic N) is 2. The van der Waals surface area contributed by atoms with E-state index in [2.05, 4.69) is 20.1 Å². The Hall–Kier alpha value is -1.80. The molecule has 6 atom stereocenters. The molecular formula is C25H36N2O5S. The largest absolute Gasteiger partial charge is 0.461 e. The summed E-state index contributed by atoms with van der Waals surface area (Å²) < 4.78 is 4.71. The smallest absolute Gasteiger partial charge is 0.311 e. The van der Waals surface area contributed by atoms with Crippen molar-refractivity contribution in [2.45, 2.75) is 67.5 Å². The monoisotopic (exact) mass is 476 g/mol. The van der Waals surface area contributed by atoms with Crippen molar-refractivity contribution in [2.75, 3.05) is 26.3 Å². The molecule has 3 heterocycles. The zero-order valence-electron chi connectivity index (χ0n) is 19.5. The lowest BCUT2D eigenvalue weighted by Crippen LogP contribution is -2.59. The van der Waals surface area contributed by atoms with Crippen molar-refractivity contribution >= 4 is 29.5 Å². The molecule has 1 saturated carbocycles. The summed E-state index contributed by atoms with van der Waals surface area (Å²) in [5.74, 6) is -1.73. The zero-order valence-corrected chi connectivity index (χ0v) is 20.3. The molecule has 1 aliphatic carbocycles. The van der Waals surface area contributed by atoms with Gasteiger partial charge in [0.2, 0.25) is 11.8 Å². The van der Waals surface area contributed by atoms with Crippen LogP contribution in [0, 0.1) is 17.8 Å². The van der Waals surface area contributed by atoms with E-state index in [1.54, 1.807) is 22.7 Å².